The molecule has 1 amide bonds. The van der Waals surface area contributed by atoms with Gasteiger partial charge in [0.25, 0.3) is 5.91 Å². The van der Waals surface area contributed by atoms with Crippen LogP contribution in [0.4, 0.5) is 0 Å². The number of carbonyl (C=O) groups is 1. The van der Waals surface area contributed by atoms with Crippen molar-refractivity contribution in [2.45, 2.75) is 31.6 Å². The first-order valence-corrected chi connectivity index (χ1v) is 9.77. The third-order valence-electron chi connectivity index (χ3n) is 3.91. The Balaban J connectivity index is 1.94. The number of rotatable bonds is 6. The number of sulfonamides is 1. The van der Waals surface area contributed by atoms with Crippen molar-refractivity contribution in [1.82, 2.24) is 5.32 Å². The van der Waals surface area contributed by atoms with Crippen molar-refractivity contribution >= 4 is 27.5 Å². The van der Waals surface area contributed by atoms with Gasteiger partial charge in [0.15, 0.2) is 0 Å². The zero-order valence-corrected chi connectivity index (χ0v) is 15.7. The molecule has 134 valence electrons. The molecule has 5 nitrogen and oxygen atoms in total. The van der Waals surface area contributed by atoms with E-state index in [1.165, 1.54) is 34.9 Å². The average molecular weight is 381 g/mol. The summed E-state index contributed by atoms with van der Waals surface area (Å²) in [6.45, 7) is 4.61. The number of hydrogen-bond donors (Lipinski definition) is 2. The van der Waals surface area contributed by atoms with Crippen LogP contribution in [0.25, 0.3) is 0 Å². The molecule has 0 heterocycles. The number of amides is 1. The second kappa shape index (κ2) is 7.99. The van der Waals surface area contributed by atoms with Crippen molar-refractivity contribution in [3.8, 4) is 0 Å². The number of aryl methyl sites for hydroxylation is 3. The van der Waals surface area contributed by atoms with E-state index >= 15 is 0 Å². The molecule has 0 aliphatic rings. The molecule has 2 aromatic rings. The van der Waals surface area contributed by atoms with Crippen molar-refractivity contribution < 1.29 is 13.2 Å². The summed E-state index contributed by atoms with van der Waals surface area (Å²) < 4.78 is 22.9. The third kappa shape index (κ3) is 5.29. The number of nitrogens with one attached hydrogen (secondary N) is 1. The SMILES string of the molecule is Cc1ccc(CCCNC(=O)c2ccc(Cl)c(S(N)(=O)=O)c2)c(C)c1. The summed E-state index contributed by atoms with van der Waals surface area (Å²) in [7, 11) is -3.97. The molecule has 0 unspecified atom stereocenters. The van der Waals surface area contributed by atoms with E-state index in [9.17, 15) is 13.2 Å². The Morgan fingerprint density at radius 2 is 1.88 bits per heavy atom. The van der Waals surface area contributed by atoms with Crippen molar-refractivity contribution in [3.05, 3.63) is 63.7 Å². The number of nitrogens with two attached hydrogens (primary N) is 1. The van der Waals surface area contributed by atoms with Gasteiger partial charge < -0.3 is 5.32 Å². The van der Waals surface area contributed by atoms with E-state index < -0.39 is 10.0 Å². The van der Waals surface area contributed by atoms with Gasteiger partial charge in [-0.1, -0.05) is 35.4 Å². The van der Waals surface area contributed by atoms with Gasteiger partial charge in [-0.25, -0.2) is 13.6 Å². The quantitative estimate of drug-likeness (QED) is 0.755. The van der Waals surface area contributed by atoms with E-state index in [0.29, 0.717) is 6.54 Å². The predicted molar refractivity (Wildman–Crippen MR) is 99.4 cm³/mol. The highest BCUT2D eigenvalue weighted by atomic mass is 35.5. The average Bonchev–Trinajstić information content (AvgIpc) is 2.52. The van der Waals surface area contributed by atoms with Crippen LogP contribution in [0.15, 0.2) is 41.3 Å². The monoisotopic (exact) mass is 380 g/mol. The van der Waals surface area contributed by atoms with E-state index in [1.54, 1.807) is 0 Å². The number of primary sulfonamides is 1. The summed E-state index contributed by atoms with van der Waals surface area (Å²) in [5.41, 5.74) is 3.92. The topological polar surface area (TPSA) is 89.3 Å². The van der Waals surface area contributed by atoms with Gasteiger partial charge in [-0.2, -0.15) is 0 Å². The summed E-state index contributed by atoms with van der Waals surface area (Å²) in [6, 6.07) is 10.3. The van der Waals surface area contributed by atoms with Crippen LogP contribution in [0.1, 0.15) is 33.5 Å². The molecule has 0 spiro atoms. The van der Waals surface area contributed by atoms with Gasteiger partial charge in [0.2, 0.25) is 10.0 Å². The second-order valence-corrected chi connectivity index (χ2v) is 7.92. The van der Waals surface area contributed by atoms with Crippen LogP contribution in [-0.2, 0) is 16.4 Å². The first-order valence-electron chi connectivity index (χ1n) is 7.85. The Kier molecular flexibility index (Phi) is 6.21. The molecule has 0 fully saturated rings. The summed E-state index contributed by atoms with van der Waals surface area (Å²) in [4.78, 5) is 11.9. The standard InChI is InChI=1S/C18H21ClN2O3S/c1-12-5-6-14(13(2)10-12)4-3-9-21-18(22)15-7-8-16(19)17(11-15)25(20,23)24/h5-8,10-11H,3-4,9H2,1-2H3,(H,21,22)(H2,20,23,24). The molecule has 2 aromatic carbocycles. The molecule has 0 aliphatic carbocycles. The maximum Gasteiger partial charge on any atom is 0.251 e. The Labute approximate surface area is 153 Å². The summed E-state index contributed by atoms with van der Waals surface area (Å²) >= 11 is 5.82. The van der Waals surface area contributed by atoms with Crippen LogP contribution in [0, 0.1) is 13.8 Å². The molecule has 0 saturated heterocycles. The maximum atomic E-state index is 12.2. The molecular formula is C18H21ClN2O3S. The number of halogens is 1. The first kappa shape index (κ1) is 19.4. The van der Waals surface area contributed by atoms with E-state index in [2.05, 4.69) is 37.4 Å². The van der Waals surface area contributed by atoms with Gasteiger partial charge in [-0.05, 0) is 56.0 Å². The Bertz CT molecular complexity index is 895. The van der Waals surface area contributed by atoms with Gasteiger partial charge in [0.1, 0.15) is 4.90 Å². The predicted octanol–water partition coefficient (Wildman–Crippen LogP) is 2.97. The van der Waals surface area contributed by atoms with Crippen molar-refractivity contribution in [2.24, 2.45) is 5.14 Å². The summed E-state index contributed by atoms with van der Waals surface area (Å²) in [5.74, 6) is -0.359. The van der Waals surface area contributed by atoms with Gasteiger partial charge in [0.05, 0.1) is 5.02 Å². The smallest absolute Gasteiger partial charge is 0.251 e. The van der Waals surface area contributed by atoms with Gasteiger partial charge in [-0.3, -0.25) is 4.79 Å². The largest absolute Gasteiger partial charge is 0.352 e. The highest BCUT2D eigenvalue weighted by molar-refractivity contribution is 7.89. The lowest BCUT2D eigenvalue weighted by molar-refractivity contribution is 0.0953. The van der Waals surface area contributed by atoms with Crippen molar-refractivity contribution in [1.29, 1.82) is 0 Å². The fourth-order valence-corrected chi connectivity index (χ4v) is 3.64. The van der Waals surface area contributed by atoms with E-state index in [-0.39, 0.29) is 21.4 Å². The molecule has 0 saturated carbocycles. The van der Waals surface area contributed by atoms with E-state index in [1.807, 2.05) is 0 Å². The highest BCUT2D eigenvalue weighted by Crippen LogP contribution is 2.21. The minimum absolute atomic E-state index is 0.00565. The molecule has 7 heteroatoms. The molecule has 2 rings (SSSR count). The van der Waals surface area contributed by atoms with Crippen molar-refractivity contribution in [2.75, 3.05) is 6.54 Å². The maximum absolute atomic E-state index is 12.2. The molecule has 0 atom stereocenters. The zero-order valence-electron chi connectivity index (χ0n) is 14.2. The van der Waals surface area contributed by atoms with Crippen LogP contribution < -0.4 is 10.5 Å². The number of carbonyl (C=O) groups excluding carboxylic acids is 1. The lowest BCUT2D eigenvalue weighted by atomic mass is 10.0. The molecule has 3 N–H and O–H groups in total. The zero-order chi connectivity index (χ0) is 18.6. The fraction of sp³-hybridized carbons (Fsp3) is 0.278. The van der Waals surface area contributed by atoms with Gasteiger partial charge in [0, 0.05) is 12.1 Å². The minimum Gasteiger partial charge on any atom is -0.352 e. The third-order valence-corrected chi connectivity index (χ3v) is 5.30. The Morgan fingerprint density at radius 3 is 2.52 bits per heavy atom. The minimum atomic E-state index is -3.97. The van der Waals surface area contributed by atoms with Crippen LogP contribution in [0.2, 0.25) is 5.02 Å². The van der Waals surface area contributed by atoms with Crippen LogP contribution in [0.5, 0.6) is 0 Å². The first-order chi connectivity index (χ1) is 11.7. The van der Waals surface area contributed by atoms with Crippen LogP contribution in [0.3, 0.4) is 0 Å². The molecule has 0 bridgehead atoms. The number of benzene rings is 2. The molecule has 0 aliphatic heterocycles. The fourth-order valence-electron chi connectivity index (χ4n) is 2.57. The van der Waals surface area contributed by atoms with Crippen LogP contribution >= 0.6 is 11.6 Å². The molecular weight excluding hydrogens is 360 g/mol. The molecule has 0 aromatic heterocycles. The van der Waals surface area contributed by atoms with Crippen molar-refractivity contribution in [3.63, 3.8) is 0 Å². The van der Waals surface area contributed by atoms with Gasteiger partial charge >= 0.3 is 0 Å². The number of hydrogen-bond acceptors (Lipinski definition) is 3. The second-order valence-electron chi connectivity index (χ2n) is 5.98. The molecule has 25 heavy (non-hydrogen) atoms. The molecule has 0 radical (unpaired) electrons. The van der Waals surface area contributed by atoms with Crippen LogP contribution in [-0.4, -0.2) is 20.9 Å². The normalized spacial score (nSPS) is 11.4. The Morgan fingerprint density at radius 1 is 1.16 bits per heavy atom. The van der Waals surface area contributed by atoms with E-state index in [4.69, 9.17) is 16.7 Å². The highest BCUT2D eigenvalue weighted by Gasteiger charge is 2.16. The summed E-state index contributed by atoms with van der Waals surface area (Å²) in [5, 5.41) is 7.87. The van der Waals surface area contributed by atoms with Gasteiger partial charge in [-0.15, -0.1) is 0 Å². The Hall–Kier alpha value is -1.89. The van der Waals surface area contributed by atoms with E-state index in [0.717, 1.165) is 12.8 Å². The lowest BCUT2D eigenvalue weighted by Crippen LogP contribution is -2.25. The lowest BCUT2D eigenvalue weighted by Gasteiger charge is -2.09. The summed E-state index contributed by atoms with van der Waals surface area (Å²) in [6.07, 6.45) is 1.64.